The van der Waals surface area contributed by atoms with Crippen LogP contribution in [0.1, 0.15) is 120 Å². The quantitative estimate of drug-likeness (QED) is 0.420. The average molecular weight is 417 g/mol. The number of rotatable bonds is 3. The normalized spacial score (nSPS) is 44.7. The highest BCUT2D eigenvalue weighted by Crippen LogP contribution is 2.68. The lowest BCUT2D eigenvalue weighted by Crippen LogP contribution is -2.57. The van der Waals surface area contributed by atoms with Crippen molar-refractivity contribution in [1.82, 2.24) is 0 Å². The summed E-state index contributed by atoms with van der Waals surface area (Å²) in [6, 6.07) is 0. The fourth-order valence-electron chi connectivity index (χ4n) is 8.90. The summed E-state index contributed by atoms with van der Waals surface area (Å²) in [6.45, 7) is 16.1. The predicted molar refractivity (Wildman–Crippen MR) is 132 cm³/mol. The third-order valence-corrected chi connectivity index (χ3v) is 10.1. The molecule has 4 rings (SSSR count). The summed E-state index contributed by atoms with van der Waals surface area (Å²) >= 11 is 0. The molecule has 0 heterocycles. The van der Waals surface area contributed by atoms with Crippen LogP contribution < -0.4 is 0 Å². The average Bonchev–Trinajstić information content (AvgIpc) is 3.07. The molecule has 0 aromatic rings. The SMILES string of the molecule is C.C/C=C1/C(=O)C2C(CCC3(C)C2CCC3[C@H](C)CCC)C2(C)CCCCC12.CC. The largest absolute Gasteiger partial charge is 0.294 e. The molecule has 0 radical (unpaired) electrons. The molecule has 0 saturated heterocycles. The Kier molecular flexibility index (Phi) is 8.48. The zero-order valence-electron chi connectivity index (χ0n) is 20.5. The van der Waals surface area contributed by atoms with Crippen molar-refractivity contribution in [3.63, 3.8) is 0 Å². The number of allylic oxidation sites excluding steroid dienone is 2. The van der Waals surface area contributed by atoms with E-state index in [2.05, 4.69) is 40.7 Å². The van der Waals surface area contributed by atoms with Gasteiger partial charge < -0.3 is 0 Å². The Morgan fingerprint density at radius 3 is 2.30 bits per heavy atom. The summed E-state index contributed by atoms with van der Waals surface area (Å²) in [5.74, 6) is 4.40. The monoisotopic (exact) mass is 416 g/mol. The number of hydrogen-bond donors (Lipinski definition) is 0. The Hall–Kier alpha value is -0.590. The van der Waals surface area contributed by atoms with Crippen molar-refractivity contribution in [1.29, 1.82) is 0 Å². The Morgan fingerprint density at radius 1 is 1.00 bits per heavy atom. The summed E-state index contributed by atoms with van der Waals surface area (Å²) < 4.78 is 0. The summed E-state index contributed by atoms with van der Waals surface area (Å²) in [5, 5.41) is 0. The molecule has 30 heavy (non-hydrogen) atoms. The molecule has 1 heteroatoms. The second-order valence-electron chi connectivity index (χ2n) is 11.1. The Balaban J connectivity index is 0.00000104. The molecule has 4 aliphatic rings. The maximum Gasteiger partial charge on any atom is 0.162 e. The van der Waals surface area contributed by atoms with Gasteiger partial charge in [-0.3, -0.25) is 4.79 Å². The maximum atomic E-state index is 13.8. The first-order valence-corrected chi connectivity index (χ1v) is 13.1. The summed E-state index contributed by atoms with van der Waals surface area (Å²) in [4.78, 5) is 13.8. The zero-order chi connectivity index (χ0) is 21.4. The molecule has 4 saturated carbocycles. The molecule has 0 amide bonds. The van der Waals surface area contributed by atoms with Crippen molar-refractivity contribution in [3.05, 3.63) is 11.6 Å². The van der Waals surface area contributed by atoms with Crippen LogP contribution in [0.3, 0.4) is 0 Å². The van der Waals surface area contributed by atoms with E-state index < -0.39 is 0 Å². The van der Waals surface area contributed by atoms with Crippen LogP contribution in [0.5, 0.6) is 0 Å². The lowest BCUT2D eigenvalue weighted by molar-refractivity contribution is -0.146. The Morgan fingerprint density at radius 2 is 1.67 bits per heavy atom. The second-order valence-corrected chi connectivity index (χ2v) is 11.1. The van der Waals surface area contributed by atoms with Gasteiger partial charge in [-0.15, -0.1) is 0 Å². The van der Waals surface area contributed by atoms with Crippen LogP contribution in [-0.2, 0) is 4.79 Å². The number of ketones is 1. The topological polar surface area (TPSA) is 17.1 Å². The molecule has 0 N–H and O–H groups in total. The van der Waals surface area contributed by atoms with E-state index in [4.69, 9.17) is 0 Å². The van der Waals surface area contributed by atoms with E-state index >= 15 is 0 Å². The molecule has 7 unspecified atom stereocenters. The van der Waals surface area contributed by atoms with Gasteiger partial charge in [-0.2, -0.15) is 0 Å². The van der Waals surface area contributed by atoms with Crippen molar-refractivity contribution in [3.8, 4) is 0 Å². The third kappa shape index (κ3) is 3.75. The van der Waals surface area contributed by atoms with Gasteiger partial charge in [0.1, 0.15) is 0 Å². The fraction of sp³-hybridized carbons (Fsp3) is 0.897. The van der Waals surface area contributed by atoms with Crippen LogP contribution in [0.2, 0.25) is 0 Å². The molecular weight excluding hydrogens is 364 g/mol. The Bertz CT molecular complexity index is 618. The molecule has 1 nitrogen and oxygen atoms in total. The first kappa shape index (κ1) is 25.7. The van der Waals surface area contributed by atoms with E-state index in [1.807, 2.05) is 13.8 Å². The Labute approximate surface area is 188 Å². The van der Waals surface area contributed by atoms with E-state index in [1.54, 1.807) is 0 Å². The molecule has 0 spiro atoms. The second kappa shape index (κ2) is 9.91. The van der Waals surface area contributed by atoms with Gasteiger partial charge in [-0.05, 0) is 91.4 Å². The fourth-order valence-corrected chi connectivity index (χ4v) is 8.90. The number of carbonyl (C=O) groups is 1. The standard InChI is InChI=1S/C26H42O.C2H6.CH4/c1-6-10-17(3)19-12-13-21-23-22(14-16-26(19,21)5)25(4)15-9-8-11-20(25)18(7-2)24(23)27;1-2;/h7,17,19-23H,6,8-16H2,1-5H3;1-2H3;1H4/b18-7+;;/t17-,19?,20?,21?,22?,23?,25?,26?;;/m1../s1. The highest BCUT2D eigenvalue weighted by molar-refractivity contribution is 5.99. The van der Waals surface area contributed by atoms with Gasteiger partial charge in [0.05, 0.1) is 0 Å². The summed E-state index contributed by atoms with van der Waals surface area (Å²) in [5.41, 5.74) is 2.02. The molecular formula is C29H52O. The minimum Gasteiger partial charge on any atom is -0.294 e. The van der Waals surface area contributed by atoms with Crippen molar-refractivity contribution in [2.75, 3.05) is 0 Å². The summed E-state index contributed by atoms with van der Waals surface area (Å²) in [6.07, 6.45) is 15.5. The maximum absolute atomic E-state index is 13.8. The van der Waals surface area contributed by atoms with Crippen LogP contribution in [0.25, 0.3) is 0 Å². The number of hydrogen-bond acceptors (Lipinski definition) is 1. The van der Waals surface area contributed by atoms with Gasteiger partial charge in [0.2, 0.25) is 0 Å². The van der Waals surface area contributed by atoms with Crippen molar-refractivity contribution in [2.24, 2.45) is 46.3 Å². The lowest BCUT2D eigenvalue weighted by atomic mass is 9.43. The van der Waals surface area contributed by atoms with Gasteiger partial charge in [-0.1, -0.05) is 80.7 Å². The van der Waals surface area contributed by atoms with Gasteiger partial charge in [0.25, 0.3) is 0 Å². The smallest absolute Gasteiger partial charge is 0.162 e. The van der Waals surface area contributed by atoms with Crippen molar-refractivity contribution < 1.29 is 4.79 Å². The van der Waals surface area contributed by atoms with Crippen LogP contribution in [-0.4, -0.2) is 5.78 Å². The first-order chi connectivity index (χ1) is 13.9. The molecule has 0 aliphatic heterocycles. The van der Waals surface area contributed by atoms with Gasteiger partial charge in [0.15, 0.2) is 5.78 Å². The number of fused-ring (bicyclic) bond motifs is 5. The van der Waals surface area contributed by atoms with Crippen molar-refractivity contribution >= 4 is 5.78 Å². The van der Waals surface area contributed by atoms with E-state index in [-0.39, 0.29) is 7.43 Å². The minimum absolute atomic E-state index is 0. The highest BCUT2D eigenvalue weighted by Gasteiger charge is 2.63. The number of carbonyl (C=O) groups excluding carboxylic acids is 1. The van der Waals surface area contributed by atoms with Crippen LogP contribution >= 0.6 is 0 Å². The summed E-state index contributed by atoms with van der Waals surface area (Å²) in [7, 11) is 0. The molecule has 0 aromatic carbocycles. The zero-order valence-corrected chi connectivity index (χ0v) is 20.5. The molecule has 0 aromatic heterocycles. The van der Waals surface area contributed by atoms with E-state index in [1.165, 1.54) is 69.8 Å². The van der Waals surface area contributed by atoms with Crippen LogP contribution in [0.4, 0.5) is 0 Å². The van der Waals surface area contributed by atoms with E-state index in [0.717, 1.165) is 11.8 Å². The minimum atomic E-state index is 0. The van der Waals surface area contributed by atoms with Crippen molar-refractivity contribution in [2.45, 2.75) is 120 Å². The van der Waals surface area contributed by atoms with Crippen LogP contribution in [0, 0.1) is 46.3 Å². The predicted octanol–water partition coefficient (Wildman–Crippen LogP) is 8.87. The molecule has 8 atom stereocenters. The van der Waals surface area contributed by atoms with Gasteiger partial charge in [-0.25, -0.2) is 0 Å². The van der Waals surface area contributed by atoms with Crippen LogP contribution in [0.15, 0.2) is 11.6 Å². The van der Waals surface area contributed by atoms with Gasteiger partial charge in [0, 0.05) is 5.92 Å². The highest BCUT2D eigenvalue weighted by atomic mass is 16.1. The third-order valence-electron chi connectivity index (χ3n) is 10.1. The molecule has 4 aliphatic carbocycles. The molecule has 4 fully saturated rings. The number of Topliss-reactive ketones (excluding diaryl/α,β-unsaturated/α-hetero) is 1. The first-order valence-electron chi connectivity index (χ1n) is 13.1. The van der Waals surface area contributed by atoms with E-state index in [0.29, 0.717) is 40.3 Å². The molecule has 0 bridgehead atoms. The van der Waals surface area contributed by atoms with E-state index in [9.17, 15) is 4.79 Å². The lowest BCUT2D eigenvalue weighted by Gasteiger charge is -2.60. The molecule has 174 valence electrons. The van der Waals surface area contributed by atoms with Gasteiger partial charge >= 0.3 is 0 Å².